The van der Waals surface area contributed by atoms with E-state index in [0.717, 1.165) is 91.3 Å². The summed E-state index contributed by atoms with van der Waals surface area (Å²) in [5, 5.41) is 9.77. The fourth-order valence-corrected chi connectivity index (χ4v) is 8.37. The van der Waals surface area contributed by atoms with Gasteiger partial charge in [-0.15, -0.1) is 0 Å². The average Bonchev–Trinajstić information content (AvgIpc) is 3.10. The van der Waals surface area contributed by atoms with Crippen molar-refractivity contribution in [2.45, 2.75) is 73.4 Å². The number of allylic oxidation sites excluding steroid dienone is 1. The Hall–Kier alpha value is -4.55. The molecule has 0 radical (unpaired) electrons. The number of nitrogens with zero attached hydrogens (tertiary/aromatic N) is 5. The molecule has 0 aliphatic carbocycles. The van der Waals surface area contributed by atoms with Gasteiger partial charge < -0.3 is 23.8 Å². The molecule has 6 rings (SSSR count). The molecule has 0 saturated carbocycles. The highest BCUT2D eigenvalue weighted by molar-refractivity contribution is 5.97. The lowest BCUT2D eigenvalue weighted by Crippen LogP contribution is -2.60. The highest BCUT2D eigenvalue weighted by atomic mass is 16.5. The van der Waals surface area contributed by atoms with Crippen molar-refractivity contribution in [2.24, 2.45) is 17.9 Å². The minimum Gasteiger partial charge on any atom is -0.496 e. The number of methoxy groups -OCH3 is 2. The SMILES string of the molecule is COc1cc(-c2cn(C)c(=O)c(C)c2C)cc(OC)c1CN1CCC2(CC1)CN(c1cccc3c1CCN(C(=O)C(C#N)=CC(C)(C)C)C3C)C2. The van der Waals surface area contributed by atoms with Crippen LogP contribution in [0.15, 0.2) is 53.0 Å². The number of fused-ring (bicyclic) bond motifs is 1. The Kier molecular flexibility index (Phi) is 9.86. The molecule has 3 aliphatic heterocycles. The number of rotatable bonds is 7. The Morgan fingerprint density at radius 2 is 1.69 bits per heavy atom. The van der Waals surface area contributed by atoms with E-state index in [1.54, 1.807) is 31.9 Å². The molecule has 0 bridgehead atoms. The predicted molar refractivity (Wildman–Crippen MR) is 202 cm³/mol. The van der Waals surface area contributed by atoms with E-state index in [4.69, 9.17) is 9.47 Å². The summed E-state index contributed by atoms with van der Waals surface area (Å²) in [5.74, 6) is 1.41. The number of aromatic nitrogens is 1. The first-order valence-electron chi connectivity index (χ1n) is 18.1. The van der Waals surface area contributed by atoms with Crippen LogP contribution in [0.2, 0.25) is 0 Å². The molecule has 1 spiro atoms. The van der Waals surface area contributed by atoms with E-state index in [1.807, 2.05) is 45.7 Å². The number of aryl methyl sites for hydroxylation is 1. The van der Waals surface area contributed by atoms with Crippen LogP contribution in [-0.2, 0) is 24.8 Å². The van der Waals surface area contributed by atoms with Crippen molar-refractivity contribution in [3.63, 3.8) is 0 Å². The first-order chi connectivity index (χ1) is 24.2. The average molecular weight is 692 g/mol. The molecule has 1 amide bonds. The number of amides is 1. The van der Waals surface area contributed by atoms with Crippen LogP contribution in [0.4, 0.5) is 5.69 Å². The summed E-state index contributed by atoms with van der Waals surface area (Å²) in [7, 11) is 5.21. The zero-order chi connectivity index (χ0) is 36.8. The second-order valence-electron chi connectivity index (χ2n) is 16.0. The topological polar surface area (TPSA) is 91.0 Å². The predicted octanol–water partition coefficient (Wildman–Crippen LogP) is 6.73. The number of nitriles is 1. The van der Waals surface area contributed by atoms with Gasteiger partial charge in [-0.1, -0.05) is 39.0 Å². The normalized spacial score (nSPS) is 19.0. The van der Waals surface area contributed by atoms with E-state index in [2.05, 4.69) is 53.1 Å². The Morgan fingerprint density at radius 3 is 2.27 bits per heavy atom. The molecule has 0 N–H and O–H groups in total. The fraction of sp³-hybridized carbons (Fsp3) is 0.500. The van der Waals surface area contributed by atoms with Crippen molar-refractivity contribution in [3.8, 4) is 28.7 Å². The number of hydrogen-bond acceptors (Lipinski definition) is 7. The number of carbonyl (C=O) groups is 1. The molecule has 9 heteroatoms. The lowest BCUT2D eigenvalue weighted by molar-refractivity contribution is -0.129. The first-order valence-corrected chi connectivity index (χ1v) is 18.1. The van der Waals surface area contributed by atoms with Crippen LogP contribution in [-0.4, -0.2) is 67.2 Å². The van der Waals surface area contributed by atoms with E-state index in [1.165, 1.54) is 16.8 Å². The Bertz CT molecular complexity index is 1940. The van der Waals surface area contributed by atoms with E-state index >= 15 is 0 Å². The maximum absolute atomic E-state index is 13.4. The van der Waals surface area contributed by atoms with Crippen molar-refractivity contribution >= 4 is 11.6 Å². The van der Waals surface area contributed by atoms with Gasteiger partial charge in [0.15, 0.2) is 0 Å². The molecule has 3 aromatic rings. The van der Waals surface area contributed by atoms with Crippen molar-refractivity contribution in [1.82, 2.24) is 14.4 Å². The van der Waals surface area contributed by atoms with E-state index < -0.39 is 0 Å². The highest BCUT2D eigenvalue weighted by Gasteiger charge is 2.46. The third kappa shape index (κ3) is 6.91. The van der Waals surface area contributed by atoms with Gasteiger partial charge in [-0.2, -0.15) is 5.26 Å². The molecule has 2 saturated heterocycles. The monoisotopic (exact) mass is 691 g/mol. The van der Waals surface area contributed by atoms with Crippen LogP contribution in [0.5, 0.6) is 11.5 Å². The molecule has 2 fully saturated rings. The summed E-state index contributed by atoms with van der Waals surface area (Å²) in [6.07, 6.45) is 6.74. The summed E-state index contributed by atoms with van der Waals surface area (Å²) < 4.78 is 13.5. The summed E-state index contributed by atoms with van der Waals surface area (Å²) >= 11 is 0. The summed E-state index contributed by atoms with van der Waals surface area (Å²) in [4.78, 5) is 32.9. The quantitative estimate of drug-likeness (QED) is 0.201. The van der Waals surface area contributed by atoms with Crippen LogP contribution in [0.25, 0.3) is 11.1 Å². The second kappa shape index (κ2) is 13.9. The number of carbonyl (C=O) groups excluding carboxylic acids is 1. The molecule has 270 valence electrons. The van der Waals surface area contributed by atoms with E-state index in [0.29, 0.717) is 12.0 Å². The minimum atomic E-state index is -0.245. The number of ether oxygens (including phenoxy) is 2. The van der Waals surface area contributed by atoms with Gasteiger partial charge in [0.1, 0.15) is 23.1 Å². The Morgan fingerprint density at radius 1 is 1.04 bits per heavy atom. The summed E-state index contributed by atoms with van der Waals surface area (Å²) in [6.45, 7) is 17.4. The molecular weight excluding hydrogens is 638 g/mol. The van der Waals surface area contributed by atoms with Gasteiger partial charge >= 0.3 is 0 Å². The number of benzene rings is 2. The standard InChI is InChI=1S/C42H53N5O4/c1-27-28(2)39(48)44(7)23-34(27)30-19-37(50-8)35(38(20-30)51-9)24-45-17-14-42(15-18-45)25-46(26-42)36-12-10-11-32-29(3)47(16-13-33(32)36)40(49)31(22-43)21-41(4,5)6/h10-12,19-21,23,29H,13-18,24-26H2,1-9H3. The third-order valence-electron chi connectivity index (χ3n) is 11.4. The number of piperidine rings is 1. The van der Waals surface area contributed by atoms with Crippen LogP contribution < -0.4 is 19.9 Å². The number of anilines is 1. The molecule has 4 heterocycles. The van der Waals surface area contributed by atoms with Crippen molar-refractivity contribution < 1.29 is 14.3 Å². The van der Waals surface area contributed by atoms with Gasteiger partial charge in [-0.05, 0) is 99.0 Å². The van der Waals surface area contributed by atoms with Crippen molar-refractivity contribution in [1.29, 1.82) is 5.26 Å². The van der Waals surface area contributed by atoms with Crippen molar-refractivity contribution in [2.75, 3.05) is 51.8 Å². The smallest absolute Gasteiger partial charge is 0.264 e. The first kappa shape index (κ1) is 36.2. The molecule has 1 aromatic heterocycles. The number of likely N-dealkylation sites (tertiary alicyclic amines) is 1. The zero-order valence-corrected chi connectivity index (χ0v) is 31.9. The molecule has 51 heavy (non-hydrogen) atoms. The van der Waals surface area contributed by atoms with Crippen LogP contribution >= 0.6 is 0 Å². The summed E-state index contributed by atoms with van der Waals surface area (Å²) in [6, 6.07) is 12.7. The molecular formula is C42H53N5O4. The largest absolute Gasteiger partial charge is 0.496 e. The van der Waals surface area contributed by atoms with Crippen molar-refractivity contribution in [3.05, 3.63) is 86.3 Å². The minimum absolute atomic E-state index is 0.0160. The number of pyridine rings is 1. The Labute approximate surface area is 303 Å². The number of hydrogen-bond donors (Lipinski definition) is 0. The lowest BCUT2D eigenvalue weighted by Gasteiger charge is -2.56. The molecule has 1 unspecified atom stereocenters. The van der Waals surface area contributed by atoms with Gasteiger partial charge in [0, 0.05) is 61.7 Å². The maximum Gasteiger partial charge on any atom is 0.264 e. The van der Waals surface area contributed by atoms with Crippen LogP contribution in [0.3, 0.4) is 0 Å². The van der Waals surface area contributed by atoms with Gasteiger partial charge in [0.05, 0.1) is 25.8 Å². The molecule has 3 aliphatic rings. The van der Waals surface area contributed by atoms with Crippen LogP contribution in [0, 0.1) is 36.0 Å². The fourth-order valence-electron chi connectivity index (χ4n) is 8.37. The van der Waals surface area contributed by atoms with Gasteiger partial charge in [-0.25, -0.2) is 0 Å². The zero-order valence-electron chi connectivity index (χ0n) is 31.9. The molecule has 2 aromatic carbocycles. The van der Waals surface area contributed by atoms with Gasteiger partial charge in [0.25, 0.3) is 11.5 Å². The maximum atomic E-state index is 13.4. The second-order valence-corrected chi connectivity index (χ2v) is 16.0. The van der Waals surface area contributed by atoms with Gasteiger partial charge in [-0.3, -0.25) is 14.5 Å². The van der Waals surface area contributed by atoms with E-state index in [-0.39, 0.29) is 28.5 Å². The highest BCUT2D eigenvalue weighted by Crippen LogP contribution is 2.46. The lowest BCUT2D eigenvalue weighted by atomic mass is 9.71. The summed E-state index contributed by atoms with van der Waals surface area (Å²) in [5.41, 5.74) is 8.84. The molecule has 9 nitrogen and oxygen atoms in total. The third-order valence-corrected chi connectivity index (χ3v) is 11.4. The van der Waals surface area contributed by atoms with Gasteiger partial charge in [0.2, 0.25) is 0 Å². The Balaban J connectivity index is 1.12. The molecule has 1 atom stereocenters. The van der Waals surface area contributed by atoms with E-state index in [9.17, 15) is 14.9 Å². The van der Waals surface area contributed by atoms with Crippen LogP contribution in [0.1, 0.15) is 74.4 Å².